The molecule has 4 atom stereocenters. The van der Waals surface area contributed by atoms with Gasteiger partial charge < -0.3 is 24.4 Å². The predicted molar refractivity (Wildman–Crippen MR) is 72.9 cm³/mol. The third-order valence-electron chi connectivity index (χ3n) is 3.11. The molecule has 5 heteroatoms. The van der Waals surface area contributed by atoms with Crippen LogP contribution in [0.15, 0.2) is 43.0 Å². The molecule has 0 spiro atoms. The lowest BCUT2D eigenvalue weighted by Gasteiger charge is -2.37. The van der Waals surface area contributed by atoms with Gasteiger partial charge >= 0.3 is 0 Å². The molecule has 20 heavy (non-hydrogen) atoms. The van der Waals surface area contributed by atoms with Crippen molar-refractivity contribution in [2.45, 2.75) is 31.2 Å². The Hall–Kier alpha value is -1.24. The standard InChI is InChI=1S/C15H20O5/c1-2-8-18-13-12(16)10-20-15(17)14(13)19-9-11-6-4-3-5-7-11/h2-7,12-17H,1,8-10H2/t12-,13-,14+,15-/m1/s1. The zero-order chi connectivity index (χ0) is 14.4. The van der Waals surface area contributed by atoms with Gasteiger partial charge in [-0.2, -0.15) is 0 Å². The smallest absolute Gasteiger partial charge is 0.183 e. The molecule has 1 saturated heterocycles. The average molecular weight is 280 g/mol. The van der Waals surface area contributed by atoms with E-state index in [0.717, 1.165) is 5.56 Å². The van der Waals surface area contributed by atoms with E-state index in [2.05, 4.69) is 6.58 Å². The van der Waals surface area contributed by atoms with Gasteiger partial charge in [0.1, 0.15) is 18.3 Å². The fourth-order valence-corrected chi connectivity index (χ4v) is 2.10. The summed E-state index contributed by atoms with van der Waals surface area (Å²) in [6.07, 6.45) is -1.74. The fraction of sp³-hybridized carbons (Fsp3) is 0.467. The van der Waals surface area contributed by atoms with Gasteiger partial charge in [-0.25, -0.2) is 0 Å². The minimum Gasteiger partial charge on any atom is -0.388 e. The maximum Gasteiger partial charge on any atom is 0.183 e. The van der Waals surface area contributed by atoms with Gasteiger partial charge in [0.05, 0.1) is 19.8 Å². The summed E-state index contributed by atoms with van der Waals surface area (Å²) in [5.41, 5.74) is 0.974. The van der Waals surface area contributed by atoms with Crippen LogP contribution in [0.5, 0.6) is 0 Å². The van der Waals surface area contributed by atoms with Crippen molar-refractivity contribution in [2.75, 3.05) is 13.2 Å². The Balaban J connectivity index is 1.98. The molecule has 1 aliphatic heterocycles. The summed E-state index contributed by atoms with van der Waals surface area (Å²) in [5, 5.41) is 19.8. The second-order valence-corrected chi connectivity index (χ2v) is 4.64. The third kappa shape index (κ3) is 3.88. The van der Waals surface area contributed by atoms with Crippen LogP contribution in [-0.2, 0) is 20.8 Å². The molecule has 1 heterocycles. The van der Waals surface area contributed by atoms with Crippen molar-refractivity contribution in [1.29, 1.82) is 0 Å². The van der Waals surface area contributed by atoms with Crippen molar-refractivity contribution in [3.8, 4) is 0 Å². The number of rotatable bonds is 6. The van der Waals surface area contributed by atoms with Crippen LogP contribution < -0.4 is 0 Å². The SMILES string of the molecule is C=CCO[C@H]1[C@H](OCc2ccccc2)[C@H](O)OC[C@H]1O. The van der Waals surface area contributed by atoms with Gasteiger partial charge in [0, 0.05) is 0 Å². The van der Waals surface area contributed by atoms with Crippen LogP contribution in [0.4, 0.5) is 0 Å². The molecule has 1 aromatic rings. The first-order valence-electron chi connectivity index (χ1n) is 6.58. The summed E-state index contributed by atoms with van der Waals surface area (Å²) in [6, 6.07) is 9.58. The molecule has 0 amide bonds. The van der Waals surface area contributed by atoms with E-state index in [0.29, 0.717) is 6.61 Å². The normalized spacial score (nSPS) is 30.1. The Morgan fingerprint density at radius 1 is 1.20 bits per heavy atom. The van der Waals surface area contributed by atoms with Gasteiger partial charge in [0.2, 0.25) is 0 Å². The molecule has 2 rings (SSSR count). The summed E-state index contributed by atoms with van der Waals surface area (Å²) in [4.78, 5) is 0. The number of benzene rings is 1. The van der Waals surface area contributed by atoms with Crippen LogP contribution >= 0.6 is 0 Å². The summed E-state index contributed by atoms with van der Waals surface area (Å²) in [5.74, 6) is 0. The van der Waals surface area contributed by atoms with Gasteiger partial charge in [0.15, 0.2) is 6.29 Å². The zero-order valence-electron chi connectivity index (χ0n) is 11.2. The largest absolute Gasteiger partial charge is 0.388 e. The molecule has 0 radical (unpaired) electrons. The van der Waals surface area contributed by atoms with E-state index in [9.17, 15) is 10.2 Å². The topological polar surface area (TPSA) is 68.2 Å². The van der Waals surface area contributed by atoms with Gasteiger partial charge in [-0.05, 0) is 5.56 Å². The number of hydrogen-bond donors (Lipinski definition) is 2. The van der Waals surface area contributed by atoms with Crippen molar-refractivity contribution in [3.05, 3.63) is 48.6 Å². The Bertz CT molecular complexity index is 408. The van der Waals surface area contributed by atoms with Crippen molar-refractivity contribution in [1.82, 2.24) is 0 Å². The highest BCUT2D eigenvalue weighted by atomic mass is 16.7. The summed E-state index contributed by atoms with van der Waals surface area (Å²) in [6.45, 7) is 4.18. The van der Waals surface area contributed by atoms with E-state index >= 15 is 0 Å². The maximum atomic E-state index is 9.91. The monoisotopic (exact) mass is 280 g/mol. The molecule has 2 N–H and O–H groups in total. The van der Waals surface area contributed by atoms with E-state index in [1.807, 2.05) is 30.3 Å². The Kier molecular flexibility index (Phi) is 5.70. The fourth-order valence-electron chi connectivity index (χ4n) is 2.10. The molecule has 5 nitrogen and oxygen atoms in total. The predicted octanol–water partition coefficient (Wildman–Crippen LogP) is 0.852. The van der Waals surface area contributed by atoms with E-state index in [1.165, 1.54) is 0 Å². The highest BCUT2D eigenvalue weighted by molar-refractivity contribution is 5.13. The van der Waals surface area contributed by atoms with E-state index in [4.69, 9.17) is 14.2 Å². The molecular weight excluding hydrogens is 260 g/mol. The van der Waals surface area contributed by atoms with Crippen molar-refractivity contribution < 1.29 is 24.4 Å². The molecule has 1 aromatic carbocycles. The van der Waals surface area contributed by atoms with Crippen LogP contribution in [0.1, 0.15) is 5.56 Å². The molecule has 1 aliphatic rings. The minimum atomic E-state index is -1.11. The first-order chi connectivity index (χ1) is 9.72. The maximum absolute atomic E-state index is 9.91. The van der Waals surface area contributed by atoms with Gasteiger partial charge in [0.25, 0.3) is 0 Å². The van der Waals surface area contributed by atoms with Crippen molar-refractivity contribution in [3.63, 3.8) is 0 Å². The molecule has 0 unspecified atom stereocenters. The van der Waals surface area contributed by atoms with E-state index in [-0.39, 0.29) is 13.2 Å². The minimum absolute atomic E-state index is 0.0220. The lowest BCUT2D eigenvalue weighted by molar-refractivity contribution is -0.274. The molecular formula is C15H20O5. The molecule has 0 saturated carbocycles. The molecule has 0 bridgehead atoms. The Morgan fingerprint density at radius 2 is 1.95 bits per heavy atom. The quantitative estimate of drug-likeness (QED) is 0.756. The first-order valence-corrected chi connectivity index (χ1v) is 6.58. The molecule has 0 aromatic heterocycles. The number of aliphatic hydroxyl groups is 2. The van der Waals surface area contributed by atoms with Crippen LogP contribution in [0.3, 0.4) is 0 Å². The second-order valence-electron chi connectivity index (χ2n) is 4.64. The van der Waals surface area contributed by atoms with Gasteiger partial charge in [-0.15, -0.1) is 6.58 Å². The molecule has 0 aliphatic carbocycles. The summed E-state index contributed by atoms with van der Waals surface area (Å²) >= 11 is 0. The van der Waals surface area contributed by atoms with E-state index in [1.54, 1.807) is 6.08 Å². The van der Waals surface area contributed by atoms with Gasteiger partial charge in [-0.1, -0.05) is 36.4 Å². The highest BCUT2D eigenvalue weighted by Crippen LogP contribution is 2.21. The van der Waals surface area contributed by atoms with Crippen molar-refractivity contribution in [2.24, 2.45) is 0 Å². The van der Waals surface area contributed by atoms with Crippen LogP contribution in [0.2, 0.25) is 0 Å². The Labute approximate surface area is 118 Å². The zero-order valence-corrected chi connectivity index (χ0v) is 11.2. The average Bonchev–Trinajstić information content (AvgIpc) is 2.48. The Morgan fingerprint density at radius 3 is 2.65 bits per heavy atom. The lowest BCUT2D eigenvalue weighted by Crippen LogP contribution is -2.55. The van der Waals surface area contributed by atoms with Gasteiger partial charge in [-0.3, -0.25) is 0 Å². The summed E-state index contributed by atoms with van der Waals surface area (Å²) < 4.78 is 16.2. The molecule has 1 fully saturated rings. The summed E-state index contributed by atoms with van der Waals surface area (Å²) in [7, 11) is 0. The highest BCUT2D eigenvalue weighted by Gasteiger charge is 2.40. The van der Waals surface area contributed by atoms with Crippen molar-refractivity contribution >= 4 is 0 Å². The van der Waals surface area contributed by atoms with Crippen LogP contribution in [0.25, 0.3) is 0 Å². The molecule has 110 valence electrons. The lowest BCUT2D eigenvalue weighted by atomic mass is 10.0. The number of ether oxygens (including phenoxy) is 3. The third-order valence-corrected chi connectivity index (χ3v) is 3.11. The van der Waals surface area contributed by atoms with Crippen LogP contribution in [0, 0.1) is 0 Å². The number of hydrogen-bond acceptors (Lipinski definition) is 5. The second kappa shape index (κ2) is 7.52. The first kappa shape index (κ1) is 15.2. The number of aliphatic hydroxyl groups excluding tert-OH is 2. The van der Waals surface area contributed by atoms with Crippen LogP contribution in [-0.4, -0.2) is 48.0 Å². The van der Waals surface area contributed by atoms with E-state index < -0.39 is 24.6 Å².